The molecule has 0 bridgehead atoms. The average Bonchev–Trinajstić information content (AvgIpc) is 3.47. The monoisotopic (exact) mass is 638 g/mol. The molecule has 0 aliphatic carbocycles. The third-order valence-electron chi connectivity index (χ3n) is 7.97. The molecule has 2 aliphatic rings. The molecular formula is C33H36Cl2N4O5. The van der Waals surface area contributed by atoms with Gasteiger partial charge in [0.25, 0.3) is 5.91 Å². The van der Waals surface area contributed by atoms with Gasteiger partial charge in [0.05, 0.1) is 22.3 Å². The minimum atomic E-state index is -0.818. The number of benzene rings is 2. The molecule has 9 nitrogen and oxygen atoms in total. The lowest BCUT2D eigenvalue weighted by atomic mass is 10.1. The summed E-state index contributed by atoms with van der Waals surface area (Å²) in [4.78, 5) is 51.4. The molecule has 3 aromatic rings. The van der Waals surface area contributed by atoms with E-state index in [1.807, 2.05) is 42.5 Å². The highest BCUT2D eigenvalue weighted by Gasteiger charge is 2.41. The molecule has 1 aromatic heterocycles. The molecule has 2 aromatic carbocycles. The molecule has 232 valence electrons. The van der Waals surface area contributed by atoms with Gasteiger partial charge in [-0.2, -0.15) is 0 Å². The summed E-state index contributed by atoms with van der Waals surface area (Å²) in [7, 11) is 0. The van der Waals surface area contributed by atoms with Crippen LogP contribution in [0.25, 0.3) is 0 Å². The molecule has 1 atom stereocenters. The third kappa shape index (κ3) is 7.63. The lowest BCUT2D eigenvalue weighted by molar-refractivity contribution is -0.135. The Hall–Kier alpha value is -3.82. The number of hydrogen-bond acceptors (Lipinski definition) is 7. The summed E-state index contributed by atoms with van der Waals surface area (Å²) in [5.41, 5.74) is 1.64. The van der Waals surface area contributed by atoms with Gasteiger partial charge in [0, 0.05) is 44.7 Å². The van der Waals surface area contributed by atoms with Crippen LogP contribution in [0.4, 0.5) is 5.69 Å². The summed E-state index contributed by atoms with van der Waals surface area (Å²) in [5.74, 6) is -0.202. The van der Waals surface area contributed by atoms with Crippen LogP contribution in [0.3, 0.4) is 0 Å². The van der Waals surface area contributed by atoms with E-state index < -0.39 is 17.6 Å². The number of aryl methyl sites for hydroxylation is 1. The maximum atomic E-state index is 13.9. The van der Waals surface area contributed by atoms with Crippen molar-refractivity contribution in [1.82, 2.24) is 9.80 Å². The van der Waals surface area contributed by atoms with Crippen LogP contribution in [0.5, 0.6) is 0 Å². The van der Waals surface area contributed by atoms with Gasteiger partial charge in [0.1, 0.15) is 24.0 Å². The van der Waals surface area contributed by atoms with Gasteiger partial charge in [-0.3, -0.25) is 9.59 Å². The quantitative estimate of drug-likeness (QED) is 0.205. The van der Waals surface area contributed by atoms with E-state index in [4.69, 9.17) is 32.5 Å². The van der Waals surface area contributed by atoms with Crippen molar-refractivity contribution in [3.63, 3.8) is 0 Å². The van der Waals surface area contributed by atoms with Gasteiger partial charge in [-0.15, -0.1) is 0 Å². The molecule has 11 heteroatoms. The molecule has 44 heavy (non-hydrogen) atoms. The first-order chi connectivity index (χ1) is 21.3. The van der Waals surface area contributed by atoms with Gasteiger partial charge in [0.2, 0.25) is 5.91 Å². The fourth-order valence-electron chi connectivity index (χ4n) is 5.50. The van der Waals surface area contributed by atoms with Crippen LogP contribution in [-0.4, -0.2) is 66.1 Å². The number of rotatable bonds is 10. The van der Waals surface area contributed by atoms with E-state index in [0.29, 0.717) is 54.1 Å². The van der Waals surface area contributed by atoms with Crippen molar-refractivity contribution in [2.75, 3.05) is 37.6 Å². The van der Waals surface area contributed by atoms with Crippen LogP contribution in [0.1, 0.15) is 54.3 Å². The topological polar surface area (TPSA) is 95.7 Å². The van der Waals surface area contributed by atoms with Crippen molar-refractivity contribution in [2.45, 2.75) is 51.7 Å². The van der Waals surface area contributed by atoms with Crippen LogP contribution in [-0.2, 0) is 22.7 Å². The minimum Gasteiger partial charge on any atom is -0.427 e. The second kappa shape index (κ2) is 14.8. The van der Waals surface area contributed by atoms with Gasteiger partial charge < -0.3 is 24.0 Å². The number of nitrogens with zero attached hydrogens (tertiary/aromatic N) is 4. The molecule has 2 amide bonds. The van der Waals surface area contributed by atoms with E-state index in [0.717, 1.165) is 30.5 Å². The summed E-state index contributed by atoms with van der Waals surface area (Å²) >= 11 is 12.3. The van der Waals surface area contributed by atoms with Crippen molar-refractivity contribution < 1.29 is 18.8 Å². The van der Waals surface area contributed by atoms with Gasteiger partial charge in [-0.05, 0) is 42.3 Å². The van der Waals surface area contributed by atoms with Gasteiger partial charge in [0.15, 0.2) is 0 Å². The third-order valence-corrected chi connectivity index (χ3v) is 8.71. The van der Waals surface area contributed by atoms with E-state index in [2.05, 4.69) is 17.0 Å². The molecule has 2 saturated heterocycles. The Kier molecular flexibility index (Phi) is 10.6. The highest BCUT2D eigenvalue weighted by molar-refractivity contribution is 6.42. The molecule has 5 rings (SSSR count). The minimum absolute atomic E-state index is 0.0744. The number of anilines is 1. The Bertz CT molecular complexity index is 1550. The van der Waals surface area contributed by atoms with Crippen LogP contribution in [0, 0.1) is 0 Å². The number of likely N-dealkylation sites (tertiary alicyclic amines) is 1. The molecule has 2 aliphatic heterocycles. The Morgan fingerprint density at radius 1 is 0.977 bits per heavy atom. The molecule has 2 fully saturated rings. The van der Waals surface area contributed by atoms with E-state index in [1.54, 1.807) is 17.0 Å². The fraction of sp³-hybridized carbons (Fsp3) is 0.394. The van der Waals surface area contributed by atoms with E-state index >= 15 is 0 Å². The Balaban J connectivity index is 1.31. The van der Waals surface area contributed by atoms with E-state index in [1.165, 1.54) is 11.0 Å². The van der Waals surface area contributed by atoms with Crippen LogP contribution >= 0.6 is 23.2 Å². The second-order valence-electron chi connectivity index (χ2n) is 11.0. The summed E-state index contributed by atoms with van der Waals surface area (Å²) < 4.78 is 5.48. The SMILES string of the molecule is CCCCCc1ccc(C(=O)N2CC(=NOCc3ccccc3)CC2C(=O)N2CCN(c3ccc(Cl)c(Cl)c3)CC2)c(=O)o1. The zero-order chi connectivity index (χ0) is 31.1. The normalized spacial score (nSPS) is 17.8. The first-order valence-corrected chi connectivity index (χ1v) is 15.7. The molecule has 0 spiro atoms. The van der Waals surface area contributed by atoms with Crippen molar-refractivity contribution in [1.29, 1.82) is 0 Å². The van der Waals surface area contributed by atoms with Crippen molar-refractivity contribution in [2.24, 2.45) is 5.16 Å². The van der Waals surface area contributed by atoms with Crippen LogP contribution in [0.2, 0.25) is 10.0 Å². The maximum Gasteiger partial charge on any atom is 0.348 e. The molecular weight excluding hydrogens is 603 g/mol. The summed E-state index contributed by atoms with van der Waals surface area (Å²) in [6, 6.07) is 17.5. The number of halogens is 2. The van der Waals surface area contributed by atoms with Gasteiger partial charge in [-0.25, -0.2) is 4.79 Å². The maximum absolute atomic E-state index is 13.9. The first kappa shape index (κ1) is 31.6. The zero-order valence-electron chi connectivity index (χ0n) is 24.7. The van der Waals surface area contributed by atoms with Crippen LogP contribution in [0.15, 0.2) is 75.0 Å². The number of piperazine rings is 1. The predicted octanol–water partition coefficient (Wildman–Crippen LogP) is 5.82. The lowest BCUT2D eigenvalue weighted by Gasteiger charge is -2.38. The number of oxime groups is 1. The number of amides is 2. The summed E-state index contributed by atoms with van der Waals surface area (Å²) in [6.07, 6.45) is 3.82. The van der Waals surface area contributed by atoms with Crippen molar-refractivity contribution >= 4 is 46.4 Å². The standard InChI is InChI=1S/C33H36Cl2N4O5/c1-2-3-5-10-26-12-13-27(33(42)44-26)31(40)39-21-24(36-43-22-23-8-6-4-7-9-23)19-30(39)32(41)38-17-15-37(16-18-38)25-11-14-28(34)29(35)20-25/h4,6-9,11-14,20,30H,2-3,5,10,15-19,21-22H2,1H3. The van der Waals surface area contributed by atoms with Crippen molar-refractivity contribution in [3.05, 3.63) is 98.0 Å². The number of carbonyl (C=O) groups is 2. The Morgan fingerprint density at radius 3 is 2.45 bits per heavy atom. The largest absolute Gasteiger partial charge is 0.427 e. The fourth-order valence-corrected chi connectivity index (χ4v) is 5.80. The number of unbranched alkanes of at least 4 members (excludes halogenated alkanes) is 2. The molecule has 1 unspecified atom stereocenters. The summed E-state index contributed by atoms with van der Waals surface area (Å²) in [6.45, 7) is 4.54. The van der Waals surface area contributed by atoms with Crippen LogP contribution < -0.4 is 10.5 Å². The van der Waals surface area contributed by atoms with E-state index in [-0.39, 0.29) is 31.0 Å². The number of hydrogen-bond donors (Lipinski definition) is 0. The zero-order valence-corrected chi connectivity index (χ0v) is 26.2. The first-order valence-electron chi connectivity index (χ1n) is 15.0. The summed E-state index contributed by atoms with van der Waals surface area (Å²) in [5, 5.41) is 5.25. The van der Waals surface area contributed by atoms with Gasteiger partial charge in [-0.1, -0.05) is 78.5 Å². The van der Waals surface area contributed by atoms with Gasteiger partial charge >= 0.3 is 5.63 Å². The van der Waals surface area contributed by atoms with E-state index in [9.17, 15) is 14.4 Å². The molecule has 0 N–H and O–H groups in total. The highest BCUT2D eigenvalue weighted by Crippen LogP contribution is 2.28. The number of carbonyl (C=O) groups excluding carboxylic acids is 2. The molecule has 0 saturated carbocycles. The predicted molar refractivity (Wildman–Crippen MR) is 172 cm³/mol. The van der Waals surface area contributed by atoms with Crippen molar-refractivity contribution in [3.8, 4) is 0 Å². The Labute approximate surface area is 267 Å². The highest BCUT2D eigenvalue weighted by atomic mass is 35.5. The Morgan fingerprint density at radius 2 is 1.75 bits per heavy atom. The lowest BCUT2D eigenvalue weighted by Crippen LogP contribution is -2.54. The average molecular weight is 640 g/mol. The molecule has 0 radical (unpaired) electrons. The second-order valence-corrected chi connectivity index (χ2v) is 11.9. The smallest absolute Gasteiger partial charge is 0.348 e. The molecule has 3 heterocycles.